The molecule has 1 N–H and O–H groups in total. The van der Waals surface area contributed by atoms with Crippen LogP contribution in [0, 0.1) is 11.3 Å². The molecular formula is C23H18Cl2N2O2. The van der Waals surface area contributed by atoms with Crippen molar-refractivity contribution in [1.82, 2.24) is 0 Å². The third-order valence-electron chi connectivity index (χ3n) is 4.32. The number of halogens is 2. The molecule has 1 aromatic heterocycles. The molecule has 1 heterocycles. The molecule has 0 aliphatic carbocycles. The van der Waals surface area contributed by atoms with E-state index < -0.39 is 5.91 Å². The number of rotatable bonds is 5. The lowest BCUT2D eigenvalue weighted by Gasteiger charge is -2.08. The molecule has 1 amide bonds. The van der Waals surface area contributed by atoms with E-state index in [1.807, 2.05) is 30.3 Å². The van der Waals surface area contributed by atoms with E-state index in [0.717, 1.165) is 0 Å². The smallest absolute Gasteiger partial charge is 0.266 e. The Labute approximate surface area is 179 Å². The molecule has 0 spiro atoms. The topological polar surface area (TPSA) is 66.0 Å². The molecule has 0 saturated carbocycles. The lowest BCUT2D eigenvalue weighted by molar-refractivity contribution is -0.112. The number of nitriles is 1. The van der Waals surface area contributed by atoms with Crippen LogP contribution in [0.2, 0.25) is 10.0 Å². The van der Waals surface area contributed by atoms with E-state index in [-0.39, 0.29) is 5.57 Å². The Morgan fingerprint density at radius 2 is 1.72 bits per heavy atom. The highest BCUT2D eigenvalue weighted by atomic mass is 35.5. The second-order valence-electron chi connectivity index (χ2n) is 6.70. The van der Waals surface area contributed by atoms with E-state index in [1.165, 1.54) is 11.6 Å². The Morgan fingerprint density at radius 1 is 1.07 bits per heavy atom. The van der Waals surface area contributed by atoms with Gasteiger partial charge in [0, 0.05) is 11.8 Å². The predicted octanol–water partition coefficient (Wildman–Crippen LogP) is 6.92. The molecule has 0 unspecified atom stereocenters. The average molecular weight is 425 g/mol. The van der Waals surface area contributed by atoms with Gasteiger partial charge >= 0.3 is 0 Å². The fraction of sp³-hybridized carbons (Fsp3) is 0.130. The van der Waals surface area contributed by atoms with Gasteiger partial charge in [-0.1, -0.05) is 55.2 Å². The van der Waals surface area contributed by atoms with Crippen molar-refractivity contribution in [2.75, 3.05) is 5.32 Å². The first-order valence-electron chi connectivity index (χ1n) is 8.96. The summed E-state index contributed by atoms with van der Waals surface area (Å²) in [5, 5.41) is 13.0. The minimum atomic E-state index is -0.515. The van der Waals surface area contributed by atoms with Crippen LogP contribution in [0.4, 0.5) is 5.69 Å². The van der Waals surface area contributed by atoms with Crippen molar-refractivity contribution in [3.8, 4) is 17.4 Å². The molecule has 146 valence electrons. The first-order valence-corrected chi connectivity index (χ1v) is 9.72. The first kappa shape index (κ1) is 20.7. The number of benzene rings is 2. The van der Waals surface area contributed by atoms with Crippen molar-refractivity contribution in [3.05, 3.63) is 81.5 Å². The van der Waals surface area contributed by atoms with E-state index >= 15 is 0 Å². The minimum Gasteiger partial charge on any atom is -0.457 e. The van der Waals surface area contributed by atoms with Crippen molar-refractivity contribution < 1.29 is 9.21 Å². The van der Waals surface area contributed by atoms with Gasteiger partial charge in [0.1, 0.15) is 23.2 Å². The van der Waals surface area contributed by atoms with Crippen LogP contribution in [-0.2, 0) is 4.79 Å². The van der Waals surface area contributed by atoms with Crippen LogP contribution in [0.5, 0.6) is 0 Å². The number of carbonyl (C=O) groups excluding carboxylic acids is 1. The highest BCUT2D eigenvalue weighted by Crippen LogP contribution is 2.35. The molecule has 0 radical (unpaired) electrons. The molecule has 4 nitrogen and oxygen atoms in total. The summed E-state index contributed by atoms with van der Waals surface area (Å²) in [6.45, 7) is 4.19. The second-order valence-corrected chi connectivity index (χ2v) is 7.51. The quantitative estimate of drug-likeness (QED) is 0.356. The largest absolute Gasteiger partial charge is 0.457 e. The van der Waals surface area contributed by atoms with Crippen LogP contribution in [0.1, 0.15) is 31.1 Å². The molecule has 0 atom stereocenters. The summed E-state index contributed by atoms with van der Waals surface area (Å²) in [4.78, 5) is 12.5. The molecule has 2 aromatic carbocycles. The predicted molar refractivity (Wildman–Crippen MR) is 117 cm³/mol. The van der Waals surface area contributed by atoms with Crippen LogP contribution >= 0.6 is 23.2 Å². The van der Waals surface area contributed by atoms with Gasteiger partial charge < -0.3 is 9.73 Å². The van der Waals surface area contributed by atoms with Gasteiger partial charge in [-0.05, 0) is 47.9 Å². The number of hydrogen-bond donors (Lipinski definition) is 1. The van der Waals surface area contributed by atoms with E-state index in [4.69, 9.17) is 27.6 Å². The number of furan rings is 1. The Balaban J connectivity index is 1.80. The van der Waals surface area contributed by atoms with Crippen LogP contribution in [0.3, 0.4) is 0 Å². The highest BCUT2D eigenvalue weighted by Gasteiger charge is 2.14. The van der Waals surface area contributed by atoms with Crippen molar-refractivity contribution in [3.63, 3.8) is 0 Å². The normalized spacial score (nSPS) is 11.4. The van der Waals surface area contributed by atoms with Crippen LogP contribution in [-0.4, -0.2) is 5.91 Å². The molecule has 3 rings (SSSR count). The molecule has 0 bridgehead atoms. The zero-order valence-corrected chi connectivity index (χ0v) is 17.4. The summed E-state index contributed by atoms with van der Waals surface area (Å²) < 4.78 is 5.73. The maximum atomic E-state index is 12.5. The zero-order chi connectivity index (χ0) is 21.0. The Morgan fingerprint density at radius 3 is 2.31 bits per heavy atom. The van der Waals surface area contributed by atoms with Gasteiger partial charge in [0.15, 0.2) is 0 Å². The van der Waals surface area contributed by atoms with Crippen LogP contribution < -0.4 is 5.32 Å². The van der Waals surface area contributed by atoms with Gasteiger partial charge in [0.05, 0.1) is 15.6 Å². The van der Waals surface area contributed by atoms with Crippen molar-refractivity contribution in [2.45, 2.75) is 19.8 Å². The Kier molecular flexibility index (Phi) is 6.43. The highest BCUT2D eigenvalue weighted by molar-refractivity contribution is 6.39. The third-order valence-corrected chi connectivity index (χ3v) is 4.95. The summed E-state index contributed by atoms with van der Waals surface area (Å²) >= 11 is 12.4. The number of anilines is 1. The molecule has 0 aliphatic heterocycles. The lowest BCUT2D eigenvalue weighted by Crippen LogP contribution is -2.13. The van der Waals surface area contributed by atoms with Crippen LogP contribution in [0.15, 0.2) is 64.6 Å². The SMILES string of the molecule is CC(C)c1ccc(NC(=O)C(C#N)=Cc2ccc(-c3c(Cl)cccc3Cl)o2)cc1. The molecular weight excluding hydrogens is 407 g/mol. The molecule has 0 aliphatic rings. The standard InChI is InChI=1S/C23H18Cl2N2O2/c1-14(2)15-6-8-17(9-7-15)27-23(28)16(13-26)12-18-10-11-21(29-18)22-19(24)4-3-5-20(22)25/h3-12,14H,1-2H3,(H,27,28). The molecule has 6 heteroatoms. The fourth-order valence-electron chi connectivity index (χ4n) is 2.74. The van der Waals surface area contributed by atoms with E-state index in [9.17, 15) is 10.1 Å². The minimum absolute atomic E-state index is 0.0795. The van der Waals surface area contributed by atoms with Gasteiger partial charge in [-0.15, -0.1) is 0 Å². The lowest BCUT2D eigenvalue weighted by atomic mass is 10.0. The molecule has 0 fully saturated rings. The first-order chi connectivity index (χ1) is 13.9. The van der Waals surface area contributed by atoms with Gasteiger partial charge in [-0.3, -0.25) is 4.79 Å². The molecule has 3 aromatic rings. The third kappa shape index (κ3) is 4.89. The summed E-state index contributed by atoms with van der Waals surface area (Å²) in [5.41, 5.74) is 2.26. The van der Waals surface area contributed by atoms with Gasteiger partial charge in [0.25, 0.3) is 5.91 Å². The average Bonchev–Trinajstić information content (AvgIpc) is 3.14. The van der Waals surface area contributed by atoms with E-state index in [0.29, 0.717) is 38.7 Å². The van der Waals surface area contributed by atoms with E-state index in [1.54, 1.807) is 30.3 Å². The van der Waals surface area contributed by atoms with Gasteiger partial charge in [0.2, 0.25) is 0 Å². The monoisotopic (exact) mass is 424 g/mol. The number of hydrogen-bond acceptors (Lipinski definition) is 3. The van der Waals surface area contributed by atoms with Gasteiger partial charge in [-0.25, -0.2) is 0 Å². The van der Waals surface area contributed by atoms with E-state index in [2.05, 4.69) is 19.2 Å². The number of carbonyl (C=O) groups is 1. The summed E-state index contributed by atoms with van der Waals surface area (Å²) in [5.74, 6) is 0.680. The van der Waals surface area contributed by atoms with Crippen molar-refractivity contribution in [1.29, 1.82) is 5.26 Å². The molecule has 29 heavy (non-hydrogen) atoms. The fourth-order valence-corrected chi connectivity index (χ4v) is 3.32. The number of nitrogens with zero attached hydrogens (tertiary/aromatic N) is 1. The zero-order valence-electron chi connectivity index (χ0n) is 15.9. The Hall–Kier alpha value is -3.00. The summed E-state index contributed by atoms with van der Waals surface area (Å²) in [6, 6.07) is 17.9. The summed E-state index contributed by atoms with van der Waals surface area (Å²) in [6.07, 6.45) is 1.38. The maximum Gasteiger partial charge on any atom is 0.266 e. The summed E-state index contributed by atoms with van der Waals surface area (Å²) in [7, 11) is 0. The number of nitrogens with one attached hydrogen (secondary N) is 1. The second kappa shape index (κ2) is 9.00. The number of amides is 1. The Bertz CT molecular complexity index is 1090. The van der Waals surface area contributed by atoms with Crippen molar-refractivity contribution in [2.24, 2.45) is 0 Å². The maximum absolute atomic E-state index is 12.5. The molecule has 0 saturated heterocycles. The van der Waals surface area contributed by atoms with Crippen LogP contribution in [0.25, 0.3) is 17.4 Å². The van der Waals surface area contributed by atoms with Gasteiger partial charge in [-0.2, -0.15) is 5.26 Å². The van der Waals surface area contributed by atoms with Crippen molar-refractivity contribution >= 4 is 40.9 Å².